The Morgan fingerprint density at radius 3 is 1.59 bits per heavy atom. The highest BCUT2D eigenvalue weighted by molar-refractivity contribution is 5.27. The van der Waals surface area contributed by atoms with Crippen molar-refractivity contribution in [1.29, 1.82) is 0 Å². The van der Waals surface area contributed by atoms with Crippen molar-refractivity contribution < 1.29 is 4.74 Å². The number of benzene rings is 1. The Morgan fingerprint density at radius 1 is 0.630 bits per heavy atom. The van der Waals surface area contributed by atoms with E-state index in [4.69, 9.17) is 10.5 Å². The second-order valence-electron chi connectivity index (χ2n) is 7.98. The Hall–Kier alpha value is -1.02. The molecule has 2 N–H and O–H groups in total. The van der Waals surface area contributed by atoms with Crippen LogP contribution in [-0.4, -0.2) is 13.2 Å². The zero-order valence-corrected chi connectivity index (χ0v) is 18.0. The molecule has 0 aromatic heterocycles. The molecule has 27 heavy (non-hydrogen) atoms. The van der Waals surface area contributed by atoms with Crippen molar-refractivity contribution in [3.05, 3.63) is 29.8 Å². The molecule has 0 amide bonds. The van der Waals surface area contributed by atoms with Crippen LogP contribution in [0.2, 0.25) is 0 Å². The van der Waals surface area contributed by atoms with Crippen molar-refractivity contribution >= 4 is 0 Å². The first-order chi connectivity index (χ1) is 13.4. The summed E-state index contributed by atoms with van der Waals surface area (Å²) in [6.07, 6.45) is 21.7. The van der Waals surface area contributed by atoms with E-state index in [1.807, 2.05) is 0 Å². The van der Waals surface area contributed by atoms with Gasteiger partial charge >= 0.3 is 0 Å². The Labute approximate surface area is 169 Å². The maximum atomic E-state index is 5.85. The predicted octanol–water partition coefficient (Wildman–Crippen LogP) is 7.44. The van der Waals surface area contributed by atoms with E-state index >= 15 is 0 Å². The monoisotopic (exact) mass is 375 g/mol. The molecule has 0 aliphatic rings. The molecule has 0 bridgehead atoms. The molecule has 1 aromatic rings. The van der Waals surface area contributed by atoms with Gasteiger partial charge in [-0.15, -0.1) is 0 Å². The van der Waals surface area contributed by atoms with E-state index in [2.05, 4.69) is 31.2 Å². The van der Waals surface area contributed by atoms with Gasteiger partial charge in [0, 0.05) is 0 Å². The normalized spacial score (nSPS) is 11.0. The van der Waals surface area contributed by atoms with Crippen molar-refractivity contribution in [2.45, 2.75) is 110 Å². The zero-order chi connectivity index (χ0) is 19.4. The van der Waals surface area contributed by atoms with Crippen molar-refractivity contribution in [1.82, 2.24) is 0 Å². The molecule has 0 aliphatic carbocycles. The minimum absolute atomic E-state index is 0.761. The minimum Gasteiger partial charge on any atom is -0.494 e. The van der Waals surface area contributed by atoms with Crippen LogP contribution in [0.25, 0.3) is 0 Å². The van der Waals surface area contributed by atoms with Crippen LogP contribution in [0.4, 0.5) is 0 Å². The quantitative estimate of drug-likeness (QED) is 0.255. The third-order valence-electron chi connectivity index (χ3n) is 5.36. The number of ether oxygens (including phenoxy) is 1. The van der Waals surface area contributed by atoms with E-state index in [0.717, 1.165) is 31.7 Å². The molecule has 0 saturated heterocycles. The lowest BCUT2D eigenvalue weighted by Gasteiger charge is -2.07. The maximum absolute atomic E-state index is 5.85. The predicted molar refractivity (Wildman–Crippen MR) is 120 cm³/mol. The van der Waals surface area contributed by atoms with Crippen LogP contribution in [0.1, 0.15) is 109 Å². The van der Waals surface area contributed by atoms with Gasteiger partial charge in [-0.05, 0) is 43.5 Å². The Balaban J connectivity index is 1.82. The van der Waals surface area contributed by atoms with Crippen LogP contribution in [0, 0.1) is 0 Å². The van der Waals surface area contributed by atoms with Gasteiger partial charge in [0.05, 0.1) is 6.61 Å². The Morgan fingerprint density at radius 2 is 1.11 bits per heavy atom. The smallest absolute Gasteiger partial charge is 0.119 e. The van der Waals surface area contributed by atoms with Crippen molar-refractivity contribution in [3.8, 4) is 5.75 Å². The molecule has 0 heterocycles. The average Bonchev–Trinajstić information content (AvgIpc) is 2.70. The lowest BCUT2D eigenvalue weighted by molar-refractivity contribution is 0.304. The second-order valence-corrected chi connectivity index (χ2v) is 7.98. The number of nitrogens with two attached hydrogens (primary N) is 1. The van der Waals surface area contributed by atoms with Crippen LogP contribution in [0.3, 0.4) is 0 Å². The van der Waals surface area contributed by atoms with Gasteiger partial charge in [0.2, 0.25) is 0 Å². The van der Waals surface area contributed by atoms with Gasteiger partial charge < -0.3 is 10.5 Å². The second kappa shape index (κ2) is 18.3. The van der Waals surface area contributed by atoms with Crippen LogP contribution in [0.5, 0.6) is 5.75 Å². The van der Waals surface area contributed by atoms with Crippen molar-refractivity contribution in [3.63, 3.8) is 0 Å². The standard InChI is InChI=1S/C25H45NO/c1-2-3-4-5-6-7-8-9-10-11-12-13-14-15-23-27-25-20-18-24(19-21-25)17-16-22-26/h18-21H,2-17,22-23,26H2,1H3. The summed E-state index contributed by atoms with van der Waals surface area (Å²) in [4.78, 5) is 0. The molecule has 1 rings (SSSR count). The van der Waals surface area contributed by atoms with Crippen molar-refractivity contribution in [2.24, 2.45) is 5.73 Å². The van der Waals surface area contributed by atoms with E-state index in [1.54, 1.807) is 0 Å². The van der Waals surface area contributed by atoms with E-state index in [-0.39, 0.29) is 0 Å². The third kappa shape index (κ3) is 14.7. The molecule has 0 aliphatic heterocycles. The Bertz CT molecular complexity index is 415. The summed E-state index contributed by atoms with van der Waals surface area (Å²) < 4.78 is 5.85. The largest absolute Gasteiger partial charge is 0.494 e. The molecule has 0 fully saturated rings. The van der Waals surface area contributed by atoms with Gasteiger partial charge in [-0.3, -0.25) is 0 Å². The maximum Gasteiger partial charge on any atom is 0.119 e. The topological polar surface area (TPSA) is 35.2 Å². The highest BCUT2D eigenvalue weighted by Crippen LogP contribution is 2.15. The molecule has 0 spiro atoms. The van der Waals surface area contributed by atoms with Gasteiger partial charge in [-0.25, -0.2) is 0 Å². The van der Waals surface area contributed by atoms with Gasteiger partial charge in [0.25, 0.3) is 0 Å². The minimum atomic E-state index is 0.761. The van der Waals surface area contributed by atoms with E-state index in [0.29, 0.717) is 0 Å². The first-order valence-corrected chi connectivity index (χ1v) is 11.8. The van der Waals surface area contributed by atoms with Crippen LogP contribution >= 0.6 is 0 Å². The Kier molecular flexibility index (Phi) is 16.3. The summed E-state index contributed by atoms with van der Waals surface area (Å²) in [6, 6.07) is 8.51. The average molecular weight is 376 g/mol. The number of hydrogen-bond acceptors (Lipinski definition) is 2. The van der Waals surface area contributed by atoms with Gasteiger partial charge in [0.15, 0.2) is 0 Å². The molecule has 2 heteroatoms. The van der Waals surface area contributed by atoms with Gasteiger partial charge in [-0.2, -0.15) is 0 Å². The summed E-state index contributed by atoms with van der Waals surface area (Å²) in [7, 11) is 0. The molecule has 2 nitrogen and oxygen atoms in total. The van der Waals surface area contributed by atoms with Crippen LogP contribution in [0.15, 0.2) is 24.3 Å². The lowest BCUT2D eigenvalue weighted by Crippen LogP contribution is -2.00. The molecular formula is C25H45NO. The van der Waals surface area contributed by atoms with Gasteiger partial charge in [0.1, 0.15) is 5.75 Å². The fraction of sp³-hybridized carbons (Fsp3) is 0.760. The van der Waals surface area contributed by atoms with E-state index in [9.17, 15) is 0 Å². The lowest BCUT2D eigenvalue weighted by atomic mass is 10.0. The highest BCUT2D eigenvalue weighted by Gasteiger charge is 1.97. The summed E-state index contributed by atoms with van der Waals surface area (Å²) in [6.45, 7) is 3.90. The number of aryl methyl sites for hydroxylation is 1. The third-order valence-corrected chi connectivity index (χ3v) is 5.36. The van der Waals surface area contributed by atoms with E-state index < -0.39 is 0 Å². The molecule has 0 saturated carbocycles. The zero-order valence-electron chi connectivity index (χ0n) is 18.0. The van der Waals surface area contributed by atoms with Crippen molar-refractivity contribution in [2.75, 3.05) is 13.2 Å². The number of rotatable bonds is 19. The number of unbranched alkanes of at least 4 members (excludes halogenated alkanes) is 13. The van der Waals surface area contributed by atoms with Crippen LogP contribution in [-0.2, 0) is 6.42 Å². The molecule has 0 atom stereocenters. The first-order valence-electron chi connectivity index (χ1n) is 11.8. The molecule has 1 aromatic carbocycles. The molecule has 156 valence electrons. The first kappa shape index (κ1) is 24.0. The summed E-state index contributed by atoms with van der Waals surface area (Å²) in [5.74, 6) is 1.00. The molecule has 0 unspecified atom stereocenters. The van der Waals surface area contributed by atoms with Gasteiger partial charge in [-0.1, -0.05) is 103 Å². The number of hydrogen-bond donors (Lipinski definition) is 1. The highest BCUT2D eigenvalue weighted by atomic mass is 16.5. The summed E-state index contributed by atoms with van der Waals surface area (Å²) in [5.41, 5.74) is 6.90. The SMILES string of the molecule is CCCCCCCCCCCCCCCCOc1ccc(CCCN)cc1. The fourth-order valence-corrected chi connectivity index (χ4v) is 3.55. The van der Waals surface area contributed by atoms with Crippen LogP contribution < -0.4 is 10.5 Å². The molecule has 0 radical (unpaired) electrons. The summed E-state index contributed by atoms with van der Waals surface area (Å²) >= 11 is 0. The van der Waals surface area contributed by atoms with E-state index in [1.165, 1.54) is 95.5 Å². The summed E-state index contributed by atoms with van der Waals surface area (Å²) in [5, 5.41) is 0. The molecular weight excluding hydrogens is 330 g/mol. The fourth-order valence-electron chi connectivity index (χ4n) is 3.55.